The van der Waals surface area contributed by atoms with Crippen LogP contribution in [0.1, 0.15) is 20.8 Å². The highest BCUT2D eigenvalue weighted by Crippen LogP contribution is 2.19. The van der Waals surface area contributed by atoms with E-state index < -0.39 is 5.60 Å². The van der Waals surface area contributed by atoms with Crippen LogP contribution in [0.25, 0.3) is 0 Å². The first-order valence-corrected chi connectivity index (χ1v) is 5.78. The zero-order chi connectivity index (χ0) is 11.8. The maximum absolute atomic E-state index is 12.0. The van der Waals surface area contributed by atoms with Crippen molar-refractivity contribution in [2.45, 2.75) is 38.5 Å². The van der Waals surface area contributed by atoms with Crippen LogP contribution in [0.5, 0.6) is 0 Å². The fraction of sp³-hybridized carbons (Fsp3) is 0.909. The molecule has 2 aliphatic heterocycles. The minimum absolute atomic E-state index is 0.227. The lowest BCUT2D eigenvalue weighted by molar-refractivity contribution is 0.00655. The van der Waals surface area contributed by atoms with Crippen LogP contribution in [0.4, 0.5) is 4.79 Å². The number of fused-ring (bicyclic) bond motifs is 1. The topological polar surface area (TPSA) is 50.8 Å². The van der Waals surface area contributed by atoms with Crippen LogP contribution in [0.2, 0.25) is 0 Å². The molecule has 5 heteroatoms. The lowest BCUT2D eigenvalue weighted by atomic mass is 10.00. The molecule has 0 aromatic rings. The predicted octanol–water partition coefficient (Wildman–Crippen LogP) is 0.594. The number of ether oxygens (including phenoxy) is 2. The lowest BCUT2D eigenvalue weighted by Crippen LogP contribution is -2.66. The summed E-state index contributed by atoms with van der Waals surface area (Å²) in [6.45, 7) is 8.39. The molecule has 1 amide bonds. The van der Waals surface area contributed by atoms with Crippen molar-refractivity contribution in [2.24, 2.45) is 0 Å². The first kappa shape index (κ1) is 11.7. The van der Waals surface area contributed by atoms with Crippen molar-refractivity contribution in [1.82, 2.24) is 10.2 Å². The second-order valence-corrected chi connectivity index (χ2v) is 5.33. The van der Waals surface area contributed by atoms with Gasteiger partial charge in [0.2, 0.25) is 0 Å². The van der Waals surface area contributed by atoms with Gasteiger partial charge in [-0.3, -0.25) is 4.90 Å². The van der Waals surface area contributed by atoms with Gasteiger partial charge in [-0.25, -0.2) is 4.79 Å². The summed E-state index contributed by atoms with van der Waals surface area (Å²) in [6.07, 6.45) is -0.227. The zero-order valence-electron chi connectivity index (χ0n) is 10.2. The number of nitrogens with zero attached hydrogens (tertiary/aromatic N) is 1. The molecule has 0 aliphatic carbocycles. The average molecular weight is 228 g/mol. The molecule has 2 aliphatic rings. The van der Waals surface area contributed by atoms with E-state index in [1.807, 2.05) is 20.8 Å². The number of nitrogens with one attached hydrogen (secondary N) is 1. The maximum atomic E-state index is 12.0. The van der Waals surface area contributed by atoms with Gasteiger partial charge in [-0.05, 0) is 20.8 Å². The third kappa shape index (κ3) is 2.47. The monoisotopic (exact) mass is 228 g/mol. The van der Waals surface area contributed by atoms with Crippen molar-refractivity contribution in [3.8, 4) is 0 Å². The van der Waals surface area contributed by atoms with Gasteiger partial charge in [0.15, 0.2) is 0 Å². The van der Waals surface area contributed by atoms with Crippen molar-refractivity contribution in [2.75, 3.05) is 26.3 Å². The van der Waals surface area contributed by atoms with Gasteiger partial charge in [-0.15, -0.1) is 0 Å². The number of hydrogen-bond donors (Lipinski definition) is 1. The molecule has 0 unspecified atom stereocenters. The second kappa shape index (κ2) is 4.22. The van der Waals surface area contributed by atoms with E-state index in [1.54, 1.807) is 4.90 Å². The Bertz CT molecular complexity index is 275. The number of amides is 1. The summed E-state index contributed by atoms with van der Waals surface area (Å²) in [5, 5.41) is 3.26. The van der Waals surface area contributed by atoms with Crippen LogP contribution in [-0.4, -0.2) is 55.0 Å². The van der Waals surface area contributed by atoms with Gasteiger partial charge in [-0.1, -0.05) is 0 Å². The van der Waals surface area contributed by atoms with Crippen LogP contribution in [0, 0.1) is 0 Å². The lowest BCUT2D eigenvalue weighted by Gasteiger charge is -2.42. The van der Waals surface area contributed by atoms with E-state index in [9.17, 15) is 4.79 Å². The first-order valence-electron chi connectivity index (χ1n) is 5.78. The molecule has 2 atom stereocenters. The van der Waals surface area contributed by atoms with Crippen molar-refractivity contribution < 1.29 is 14.3 Å². The van der Waals surface area contributed by atoms with Crippen molar-refractivity contribution in [3.63, 3.8) is 0 Å². The molecule has 2 heterocycles. The molecule has 5 nitrogen and oxygen atoms in total. The third-order valence-electron chi connectivity index (χ3n) is 2.86. The molecule has 2 rings (SSSR count). The molecule has 2 saturated heterocycles. The summed E-state index contributed by atoms with van der Waals surface area (Å²) >= 11 is 0. The number of carbonyl (C=O) groups excluding carboxylic acids is 1. The summed E-state index contributed by atoms with van der Waals surface area (Å²) in [7, 11) is 0. The van der Waals surface area contributed by atoms with Gasteiger partial charge in [0, 0.05) is 13.1 Å². The van der Waals surface area contributed by atoms with E-state index in [1.165, 1.54) is 0 Å². The molecule has 16 heavy (non-hydrogen) atoms. The highest BCUT2D eigenvalue weighted by molar-refractivity contribution is 5.69. The van der Waals surface area contributed by atoms with E-state index in [-0.39, 0.29) is 18.2 Å². The van der Waals surface area contributed by atoms with Gasteiger partial charge < -0.3 is 14.8 Å². The molecule has 0 aromatic heterocycles. The molecular formula is C11H20N2O3. The van der Waals surface area contributed by atoms with Gasteiger partial charge in [-0.2, -0.15) is 0 Å². The Kier molecular flexibility index (Phi) is 3.08. The van der Waals surface area contributed by atoms with Crippen molar-refractivity contribution >= 4 is 6.09 Å². The average Bonchev–Trinajstić information content (AvgIpc) is 2.22. The molecule has 0 spiro atoms. The first-order chi connectivity index (χ1) is 7.47. The summed E-state index contributed by atoms with van der Waals surface area (Å²) in [4.78, 5) is 13.8. The number of hydrogen-bond acceptors (Lipinski definition) is 4. The standard InChI is InChI=1S/C11H20N2O3/c1-11(2,3)16-10(14)13-4-5-15-7-8-9(13)6-12-8/h8-9,12H,4-7H2,1-3H3/t8-,9-/m1/s1. The number of carbonyl (C=O) groups is 1. The minimum Gasteiger partial charge on any atom is -0.444 e. The Balaban J connectivity index is 1.98. The molecule has 0 radical (unpaired) electrons. The molecule has 92 valence electrons. The van der Waals surface area contributed by atoms with Gasteiger partial charge in [0.25, 0.3) is 0 Å². The normalized spacial score (nSPS) is 30.1. The third-order valence-corrected chi connectivity index (χ3v) is 2.86. The van der Waals surface area contributed by atoms with Gasteiger partial charge in [0.05, 0.1) is 25.3 Å². The minimum atomic E-state index is -0.434. The van der Waals surface area contributed by atoms with Crippen LogP contribution in [-0.2, 0) is 9.47 Å². The fourth-order valence-electron chi connectivity index (χ4n) is 1.97. The Morgan fingerprint density at radius 2 is 2.25 bits per heavy atom. The van der Waals surface area contributed by atoms with Crippen LogP contribution in [0.15, 0.2) is 0 Å². The fourth-order valence-corrected chi connectivity index (χ4v) is 1.97. The molecular weight excluding hydrogens is 208 g/mol. The van der Waals surface area contributed by atoms with Crippen LogP contribution < -0.4 is 5.32 Å². The quantitative estimate of drug-likeness (QED) is 0.659. The van der Waals surface area contributed by atoms with Crippen molar-refractivity contribution in [1.29, 1.82) is 0 Å². The molecule has 2 fully saturated rings. The van der Waals surface area contributed by atoms with E-state index >= 15 is 0 Å². The van der Waals surface area contributed by atoms with Crippen LogP contribution >= 0.6 is 0 Å². The van der Waals surface area contributed by atoms with Gasteiger partial charge in [0.1, 0.15) is 5.60 Å². The van der Waals surface area contributed by atoms with Gasteiger partial charge >= 0.3 is 6.09 Å². The molecule has 0 bridgehead atoms. The molecule has 0 aromatic carbocycles. The zero-order valence-corrected chi connectivity index (χ0v) is 10.2. The largest absolute Gasteiger partial charge is 0.444 e. The second-order valence-electron chi connectivity index (χ2n) is 5.33. The maximum Gasteiger partial charge on any atom is 0.410 e. The summed E-state index contributed by atoms with van der Waals surface area (Å²) in [6, 6.07) is 0.507. The van der Waals surface area contributed by atoms with E-state index in [2.05, 4.69) is 5.32 Å². The Morgan fingerprint density at radius 1 is 1.50 bits per heavy atom. The van der Waals surface area contributed by atoms with E-state index in [0.29, 0.717) is 19.8 Å². The summed E-state index contributed by atoms with van der Waals surface area (Å²) < 4.78 is 10.8. The highest BCUT2D eigenvalue weighted by atomic mass is 16.6. The van der Waals surface area contributed by atoms with Crippen molar-refractivity contribution in [3.05, 3.63) is 0 Å². The summed E-state index contributed by atoms with van der Waals surface area (Å²) in [5.74, 6) is 0. The highest BCUT2D eigenvalue weighted by Gasteiger charge is 2.40. The van der Waals surface area contributed by atoms with E-state index in [0.717, 1.165) is 6.54 Å². The molecule has 0 saturated carbocycles. The predicted molar refractivity (Wildman–Crippen MR) is 59.3 cm³/mol. The SMILES string of the molecule is CC(C)(C)OC(=O)N1CCOC[C@H]2NC[C@H]21. The van der Waals surface area contributed by atoms with E-state index in [4.69, 9.17) is 9.47 Å². The Morgan fingerprint density at radius 3 is 2.81 bits per heavy atom. The number of rotatable bonds is 0. The Hall–Kier alpha value is -0.810. The van der Waals surface area contributed by atoms with Crippen LogP contribution in [0.3, 0.4) is 0 Å². The molecule has 1 N–H and O–H groups in total. The Labute approximate surface area is 96.1 Å². The summed E-state index contributed by atoms with van der Waals surface area (Å²) in [5.41, 5.74) is -0.434. The smallest absolute Gasteiger partial charge is 0.410 e.